The minimum atomic E-state index is -0.167. The molecule has 6 nitrogen and oxygen atoms in total. The van der Waals surface area contributed by atoms with E-state index in [2.05, 4.69) is 15.5 Å². The van der Waals surface area contributed by atoms with Crippen molar-refractivity contribution < 1.29 is 13.9 Å². The molecule has 1 atom stereocenters. The second-order valence-corrected chi connectivity index (χ2v) is 7.10. The molecule has 152 valence electrons. The van der Waals surface area contributed by atoms with E-state index in [4.69, 9.17) is 9.15 Å². The van der Waals surface area contributed by atoms with Crippen LogP contribution >= 0.6 is 0 Å². The van der Waals surface area contributed by atoms with Crippen molar-refractivity contribution in [2.75, 3.05) is 26.2 Å². The van der Waals surface area contributed by atoms with Crippen molar-refractivity contribution in [3.05, 3.63) is 59.5 Å². The van der Waals surface area contributed by atoms with Crippen LogP contribution in [0.3, 0.4) is 0 Å². The van der Waals surface area contributed by atoms with Gasteiger partial charge in [-0.05, 0) is 56.1 Å². The number of carbonyl (C=O) groups is 1. The summed E-state index contributed by atoms with van der Waals surface area (Å²) in [6.07, 6.45) is 5.36. The number of nitrogens with zero attached hydrogens (tertiary/aromatic N) is 1. The molecule has 0 radical (unpaired) electrons. The summed E-state index contributed by atoms with van der Waals surface area (Å²) in [5.74, 6) is 0.907. The summed E-state index contributed by atoms with van der Waals surface area (Å²) in [6, 6.07) is 11.8. The molecule has 0 spiro atoms. The van der Waals surface area contributed by atoms with Gasteiger partial charge in [-0.25, -0.2) is 4.79 Å². The fraction of sp³-hybridized carbons (Fsp3) is 0.500. The summed E-state index contributed by atoms with van der Waals surface area (Å²) in [5, 5.41) is 5.98. The van der Waals surface area contributed by atoms with Gasteiger partial charge in [0.15, 0.2) is 0 Å². The maximum absolute atomic E-state index is 12.4. The van der Waals surface area contributed by atoms with Crippen LogP contribution in [0.15, 0.2) is 47.1 Å². The van der Waals surface area contributed by atoms with Gasteiger partial charge in [0.25, 0.3) is 0 Å². The first-order valence-electron chi connectivity index (χ1n) is 10.2. The number of piperidine rings is 1. The maximum atomic E-state index is 12.4. The lowest BCUT2D eigenvalue weighted by atomic mass is 10.1. The first-order chi connectivity index (χ1) is 13.8. The molecule has 28 heavy (non-hydrogen) atoms. The van der Waals surface area contributed by atoms with Crippen LogP contribution in [0.2, 0.25) is 0 Å². The van der Waals surface area contributed by atoms with Gasteiger partial charge in [-0.15, -0.1) is 0 Å². The van der Waals surface area contributed by atoms with E-state index in [1.54, 1.807) is 6.26 Å². The van der Waals surface area contributed by atoms with Crippen molar-refractivity contribution >= 4 is 6.03 Å². The summed E-state index contributed by atoms with van der Waals surface area (Å²) in [7, 11) is 0. The summed E-state index contributed by atoms with van der Waals surface area (Å²) in [4.78, 5) is 14.8. The summed E-state index contributed by atoms with van der Waals surface area (Å²) in [5.41, 5.74) is 2.18. The number of hydrogen-bond donors (Lipinski definition) is 2. The first-order valence-corrected chi connectivity index (χ1v) is 10.2. The Hall–Kier alpha value is -2.31. The number of likely N-dealkylation sites (tertiary alicyclic amines) is 1. The highest BCUT2D eigenvalue weighted by molar-refractivity contribution is 5.73. The van der Waals surface area contributed by atoms with Crippen molar-refractivity contribution in [1.82, 2.24) is 15.5 Å². The Morgan fingerprint density at radius 2 is 1.89 bits per heavy atom. The monoisotopic (exact) mass is 385 g/mol. The maximum Gasteiger partial charge on any atom is 0.315 e. The number of benzene rings is 1. The lowest BCUT2D eigenvalue weighted by Gasteiger charge is -2.33. The molecule has 6 heteroatoms. The highest BCUT2D eigenvalue weighted by atomic mass is 16.5. The second-order valence-electron chi connectivity index (χ2n) is 7.10. The van der Waals surface area contributed by atoms with Gasteiger partial charge in [0.1, 0.15) is 5.76 Å². The quantitative estimate of drug-likeness (QED) is 0.688. The smallest absolute Gasteiger partial charge is 0.315 e. The Balaban J connectivity index is 1.52. The van der Waals surface area contributed by atoms with Crippen molar-refractivity contribution in [1.29, 1.82) is 0 Å². The van der Waals surface area contributed by atoms with E-state index < -0.39 is 0 Å². The van der Waals surface area contributed by atoms with Gasteiger partial charge >= 0.3 is 6.03 Å². The van der Waals surface area contributed by atoms with Crippen molar-refractivity contribution in [3.63, 3.8) is 0 Å². The SMILES string of the molecule is CCOCc1ccccc1CNC(=O)NCC(c1ccco1)N1CCCCC1. The summed E-state index contributed by atoms with van der Waals surface area (Å²) < 4.78 is 11.1. The molecule has 1 aliphatic rings. The molecular formula is C22H31N3O3. The summed E-state index contributed by atoms with van der Waals surface area (Å²) >= 11 is 0. The zero-order valence-corrected chi connectivity index (χ0v) is 16.7. The Morgan fingerprint density at radius 3 is 2.61 bits per heavy atom. The number of amides is 2. The number of hydrogen-bond acceptors (Lipinski definition) is 4. The molecule has 1 fully saturated rings. The molecule has 1 aromatic heterocycles. The van der Waals surface area contributed by atoms with Gasteiger partial charge in [-0.1, -0.05) is 30.7 Å². The minimum Gasteiger partial charge on any atom is -0.468 e. The third-order valence-corrected chi connectivity index (χ3v) is 5.18. The van der Waals surface area contributed by atoms with Crippen LogP contribution < -0.4 is 10.6 Å². The molecule has 1 saturated heterocycles. The fourth-order valence-corrected chi connectivity index (χ4v) is 3.63. The third kappa shape index (κ3) is 5.84. The van der Waals surface area contributed by atoms with Gasteiger partial charge in [-0.3, -0.25) is 4.90 Å². The van der Waals surface area contributed by atoms with Crippen LogP contribution in [-0.4, -0.2) is 37.2 Å². The molecule has 0 aliphatic carbocycles. The minimum absolute atomic E-state index is 0.0753. The number of urea groups is 1. The zero-order valence-electron chi connectivity index (χ0n) is 16.7. The standard InChI is InChI=1S/C22H31N3O3/c1-2-27-17-19-10-5-4-9-18(19)15-23-22(26)24-16-20(21-11-8-14-28-21)25-12-6-3-7-13-25/h4-5,8-11,14,20H,2-3,6-7,12-13,15-17H2,1H3,(H2,23,24,26). The molecule has 0 saturated carbocycles. The molecule has 2 aromatic rings. The fourth-order valence-electron chi connectivity index (χ4n) is 3.63. The van der Waals surface area contributed by atoms with E-state index in [1.165, 1.54) is 19.3 Å². The van der Waals surface area contributed by atoms with E-state index in [9.17, 15) is 4.79 Å². The van der Waals surface area contributed by atoms with E-state index in [0.717, 1.165) is 30.0 Å². The number of carbonyl (C=O) groups excluding carboxylic acids is 1. The van der Waals surface area contributed by atoms with Crippen LogP contribution in [0.25, 0.3) is 0 Å². The zero-order chi connectivity index (χ0) is 19.6. The van der Waals surface area contributed by atoms with Gasteiger partial charge in [0.05, 0.1) is 18.9 Å². The molecule has 0 bridgehead atoms. The summed E-state index contributed by atoms with van der Waals surface area (Å²) in [6.45, 7) is 6.30. The van der Waals surface area contributed by atoms with E-state index in [-0.39, 0.29) is 12.1 Å². The Labute approximate surface area is 167 Å². The van der Waals surface area contributed by atoms with Crippen LogP contribution in [-0.2, 0) is 17.9 Å². The average Bonchev–Trinajstić information content (AvgIpc) is 3.27. The first kappa shape index (κ1) is 20.4. The molecule has 1 aromatic carbocycles. The largest absolute Gasteiger partial charge is 0.468 e. The molecule has 1 unspecified atom stereocenters. The van der Waals surface area contributed by atoms with Crippen LogP contribution in [0.1, 0.15) is 49.1 Å². The third-order valence-electron chi connectivity index (χ3n) is 5.18. The number of nitrogens with one attached hydrogen (secondary N) is 2. The highest BCUT2D eigenvalue weighted by Crippen LogP contribution is 2.24. The Kier molecular flexibility index (Phi) is 7.94. The van der Waals surface area contributed by atoms with Crippen molar-refractivity contribution in [2.45, 2.75) is 45.4 Å². The second kappa shape index (κ2) is 10.9. The topological polar surface area (TPSA) is 66.7 Å². The predicted molar refractivity (Wildman–Crippen MR) is 109 cm³/mol. The van der Waals surface area contributed by atoms with E-state index in [0.29, 0.717) is 26.3 Å². The van der Waals surface area contributed by atoms with Crippen LogP contribution in [0.4, 0.5) is 4.79 Å². The van der Waals surface area contributed by atoms with Gasteiger partial charge < -0.3 is 19.8 Å². The molecule has 2 N–H and O–H groups in total. The van der Waals surface area contributed by atoms with Gasteiger partial charge in [-0.2, -0.15) is 0 Å². The molecular weight excluding hydrogens is 354 g/mol. The number of furan rings is 1. The van der Waals surface area contributed by atoms with E-state index in [1.807, 2.05) is 43.3 Å². The highest BCUT2D eigenvalue weighted by Gasteiger charge is 2.24. The molecule has 1 aliphatic heterocycles. The van der Waals surface area contributed by atoms with Crippen molar-refractivity contribution in [2.24, 2.45) is 0 Å². The number of ether oxygens (including phenoxy) is 1. The molecule has 2 amide bonds. The van der Waals surface area contributed by atoms with Gasteiger partial charge in [0, 0.05) is 19.7 Å². The molecule has 3 rings (SSSR count). The van der Waals surface area contributed by atoms with Crippen molar-refractivity contribution in [3.8, 4) is 0 Å². The Bertz CT molecular complexity index is 712. The lowest BCUT2D eigenvalue weighted by Crippen LogP contribution is -2.43. The lowest BCUT2D eigenvalue weighted by molar-refractivity contribution is 0.133. The predicted octanol–water partition coefficient (Wildman–Crippen LogP) is 3.84. The normalized spacial score (nSPS) is 15.9. The van der Waals surface area contributed by atoms with Gasteiger partial charge in [0.2, 0.25) is 0 Å². The molecule has 2 heterocycles. The average molecular weight is 386 g/mol. The Morgan fingerprint density at radius 1 is 1.11 bits per heavy atom. The number of rotatable bonds is 9. The van der Waals surface area contributed by atoms with E-state index >= 15 is 0 Å². The van der Waals surface area contributed by atoms with Crippen LogP contribution in [0, 0.1) is 0 Å². The van der Waals surface area contributed by atoms with Crippen LogP contribution in [0.5, 0.6) is 0 Å².